The van der Waals surface area contributed by atoms with Gasteiger partial charge in [0.15, 0.2) is 0 Å². The minimum absolute atomic E-state index is 0.0206. The second kappa shape index (κ2) is 6.18. The van der Waals surface area contributed by atoms with Gasteiger partial charge in [-0.2, -0.15) is 0 Å². The Morgan fingerprint density at radius 3 is 2.61 bits per heavy atom. The van der Waals surface area contributed by atoms with Crippen molar-refractivity contribution in [2.24, 2.45) is 5.41 Å². The van der Waals surface area contributed by atoms with E-state index in [1.165, 1.54) is 7.11 Å². The number of methoxy groups -OCH3 is 1. The van der Waals surface area contributed by atoms with Crippen molar-refractivity contribution >= 4 is 11.9 Å². The molecular formula is C13H23NO4. The fraction of sp³-hybridized carbons (Fsp3) is 0.846. The predicted molar refractivity (Wildman–Crippen MR) is 67.0 cm³/mol. The van der Waals surface area contributed by atoms with Gasteiger partial charge >= 0.3 is 5.97 Å². The molecule has 1 aliphatic rings. The minimum Gasteiger partial charge on any atom is -0.469 e. The average Bonchev–Trinajstić information content (AvgIpc) is 2.27. The van der Waals surface area contributed by atoms with E-state index in [0.717, 1.165) is 0 Å². The number of carbonyl (C=O) groups is 2. The van der Waals surface area contributed by atoms with Gasteiger partial charge < -0.3 is 14.4 Å². The molecule has 0 aromatic rings. The smallest absolute Gasteiger partial charge is 0.308 e. The molecule has 0 N–H and O–H groups in total. The summed E-state index contributed by atoms with van der Waals surface area (Å²) >= 11 is 0. The van der Waals surface area contributed by atoms with Crippen LogP contribution in [-0.4, -0.2) is 49.7 Å². The van der Waals surface area contributed by atoms with Gasteiger partial charge in [-0.15, -0.1) is 0 Å². The van der Waals surface area contributed by atoms with Crippen molar-refractivity contribution in [2.75, 3.05) is 26.8 Å². The zero-order valence-electron chi connectivity index (χ0n) is 11.7. The summed E-state index contributed by atoms with van der Waals surface area (Å²) in [6.45, 7) is 7.68. The van der Waals surface area contributed by atoms with Crippen LogP contribution in [0.4, 0.5) is 0 Å². The number of rotatable bonds is 3. The molecule has 1 fully saturated rings. The number of esters is 1. The summed E-state index contributed by atoms with van der Waals surface area (Å²) in [6, 6.07) is 0. The Morgan fingerprint density at radius 2 is 2.06 bits per heavy atom. The van der Waals surface area contributed by atoms with Crippen molar-refractivity contribution in [3.05, 3.63) is 0 Å². The van der Waals surface area contributed by atoms with Crippen LogP contribution in [0.5, 0.6) is 0 Å². The lowest BCUT2D eigenvalue weighted by Gasteiger charge is -2.34. The van der Waals surface area contributed by atoms with Crippen LogP contribution in [0.3, 0.4) is 0 Å². The van der Waals surface area contributed by atoms with E-state index >= 15 is 0 Å². The maximum Gasteiger partial charge on any atom is 0.308 e. The van der Waals surface area contributed by atoms with Gasteiger partial charge in [0, 0.05) is 19.5 Å². The monoisotopic (exact) mass is 257 g/mol. The topological polar surface area (TPSA) is 55.8 Å². The number of hydrogen-bond donors (Lipinski definition) is 0. The zero-order valence-corrected chi connectivity index (χ0v) is 11.7. The van der Waals surface area contributed by atoms with E-state index in [9.17, 15) is 9.59 Å². The van der Waals surface area contributed by atoms with Crippen LogP contribution in [-0.2, 0) is 19.1 Å². The SMILES string of the molecule is COC(=O)CC1CN(C(=O)CC(C)(C)C)CCO1. The van der Waals surface area contributed by atoms with E-state index in [4.69, 9.17) is 4.74 Å². The Bertz CT molecular complexity index is 309. The van der Waals surface area contributed by atoms with Gasteiger partial charge in [0.2, 0.25) is 5.91 Å². The molecule has 18 heavy (non-hydrogen) atoms. The largest absolute Gasteiger partial charge is 0.469 e. The third-order valence-electron chi connectivity index (χ3n) is 2.80. The first-order chi connectivity index (χ1) is 8.31. The van der Waals surface area contributed by atoms with E-state index in [1.54, 1.807) is 4.90 Å². The maximum atomic E-state index is 12.1. The zero-order chi connectivity index (χ0) is 13.8. The highest BCUT2D eigenvalue weighted by Crippen LogP contribution is 2.21. The van der Waals surface area contributed by atoms with Crippen molar-refractivity contribution in [1.82, 2.24) is 4.90 Å². The molecule has 5 heteroatoms. The molecule has 0 aliphatic carbocycles. The van der Waals surface area contributed by atoms with Crippen LogP contribution in [0, 0.1) is 5.41 Å². The predicted octanol–water partition coefficient (Wildman–Crippen LogP) is 1.21. The molecule has 104 valence electrons. The number of carbonyl (C=O) groups excluding carboxylic acids is 2. The number of amides is 1. The number of ether oxygens (including phenoxy) is 2. The van der Waals surface area contributed by atoms with Crippen LogP contribution >= 0.6 is 0 Å². The van der Waals surface area contributed by atoms with Gasteiger partial charge in [-0.3, -0.25) is 9.59 Å². The highest BCUT2D eigenvalue weighted by Gasteiger charge is 2.28. The Balaban J connectivity index is 2.48. The van der Waals surface area contributed by atoms with Gasteiger partial charge in [-0.25, -0.2) is 0 Å². The lowest BCUT2D eigenvalue weighted by molar-refractivity contribution is -0.150. The lowest BCUT2D eigenvalue weighted by Crippen LogP contribution is -2.47. The standard InChI is InChI=1S/C13H23NO4/c1-13(2,3)8-11(15)14-5-6-18-10(9-14)7-12(16)17-4/h10H,5-9H2,1-4H3. The van der Waals surface area contributed by atoms with Crippen LogP contribution in [0.15, 0.2) is 0 Å². The third-order valence-corrected chi connectivity index (χ3v) is 2.80. The molecule has 1 unspecified atom stereocenters. The van der Waals surface area contributed by atoms with E-state index in [2.05, 4.69) is 4.74 Å². The first-order valence-corrected chi connectivity index (χ1v) is 6.28. The fourth-order valence-corrected chi connectivity index (χ4v) is 1.90. The van der Waals surface area contributed by atoms with E-state index in [0.29, 0.717) is 26.1 Å². The van der Waals surface area contributed by atoms with Crippen molar-refractivity contribution in [3.8, 4) is 0 Å². The normalized spacial score (nSPS) is 20.7. The van der Waals surface area contributed by atoms with Crippen LogP contribution in [0.25, 0.3) is 0 Å². The summed E-state index contributed by atoms with van der Waals surface area (Å²) in [6.07, 6.45) is 0.475. The van der Waals surface area contributed by atoms with Crippen LogP contribution in [0.1, 0.15) is 33.6 Å². The molecule has 0 aromatic heterocycles. The molecule has 1 aliphatic heterocycles. The van der Waals surface area contributed by atoms with E-state index in [-0.39, 0.29) is 29.8 Å². The quantitative estimate of drug-likeness (QED) is 0.713. The summed E-state index contributed by atoms with van der Waals surface area (Å²) < 4.78 is 10.1. The molecule has 0 bridgehead atoms. The summed E-state index contributed by atoms with van der Waals surface area (Å²) in [5.41, 5.74) is -0.0206. The van der Waals surface area contributed by atoms with Gasteiger partial charge in [0.25, 0.3) is 0 Å². The van der Waals surface area contributed by atoms with Crippen molar-refractivity contribution < 1.29 is 19.1 Å². The highest BCUT2D eigenvalue weighted by atomic mass is 16.5. The number of nitrogens with zero attached hydrogens (tertiary/aromatic N) is 1. The second-order valence-corrected chi connectivity index (χ2v) is 5.85. The average molecular weight is 257 g/mol. The molecular weight excluding hydrogens is 234 g/mol. The van der Waals surface area contributed by atoms with Crippen molar-refractivity contribution in [3.63, 3.8) is 0 Å². The van der Waals surface area contributed by atoms with E-state index in [1.807, 2.05) is 20.8 Å². The summed E-state index contributed by atoms with van der Waals surface area (Å²) in [5.74, 6) is -0.175. The van der Waals surface area contributed by atoms with Gasteiger partial charge in [0.05, 0.1) is 26.2 Å². The molecule has 1 amide bonds. The van der Waals surface area contributed by atoms with Gasteiger partial charge in [0.1, 0.15) is 0 Å². The van der Waals surface area contributed by atoms with Crippen molar-refractivity contribution in [2.45, 2.75) is 39.7 Å². The maximum absolute atomic E-state index is 12.1. The molecule has 5 nitrogen and oxygen atoms in total. The molecule has 0 spiro atoms. The van der Waals surface area contributed by atoms with Crippen molar-refractivity contribution in [1.29, 1.82) is 0 Å². The third kappa shape index (κ3) is 5.04. The number of hydrogen-bond acceptors (Lipinski definition) is 4. The Morgan fingerprint density at radius 1 is 1.39 bits per heavy atom. The molecule has 0 radical (unpaired) electrons. The molecule has 1 heterocycles. The molecule has 1 atom stereocenters. The first-order valence-electron chi connectivity index (χ1n) is 6.28. The molecule has 1 saturated heterocycles. The Kier molecular flexibility index (Phi) is 5.14. The Hall–Kier alpha value is -1.10. The molecule has 0 aromatic carbocycles. The minimum atomic E-state index is -0.301. The molecule has 1 rings (SSSR count). The van der Waals surface area contributed by atoms with Crippen LogP contribution < -0.4 is 0 Å². The van der Waals surface area contributed by atoms with Gasteiger partial charge in [-0.05, 0) is 5.41 Å². The summed E-state index contributed by atoms with van der Waals surface area (Å²) in [5, 5.41) is 0. The van der Waals surface area contributed by atoms with Crippen LogP contribution in [0.2, 0.25) is 0 Å². The first kappa shape index (κ1) is 15.0. The lowest BCUT2D eigenvalue weighted by atomic mass is 9.91. The molecule has 0 saturated carbocycles. The highest BCUT2D eigenvalue weighted by molar-refractivity contribution is 5.77. The summed E-state index contributed by atoms with van der Waals surface area (Å²) in [4.78, 5) is 25.0. The fourth-order valence-electron chi connectivity index (χ4n) is 1.90. The van der Waals surface area contributed by atoms with E-state index < -0.39 is 0 Å². The Labute approximate surface area is 108 Å². The summed E-state index contributed by atoms with van der Waals surface area (Å²) in [7, 11) is 1.35. The second-order valence-electron chi connectivity index (χ2n) is 5.85. The van der Waals surface area contributed by atoms with Gasteiger partial charge in [-0.1, -0.05) is 20.8 Å². The number of morpholine rings is 1.